The minimum absolute atomic E-state index is 0.0266. The van der Waals surface area contributed by atoms with Gasteiger partial charge in [0.05, 0.1) is 26.4 Å². The number of aliphatic hydroxyl groups is 1. The first-order chi connectivity index (χ1) is 51.7. The summed E-state index contributed by atoms with van der Waals surface area (Å²) >= 11 is 0. The number of carbonyl (C=O) groups excluding carboxylic acids is 4. The predicted octanol–water partition coefficient (Wildman–Crippen LogP) is 23.8. The molecule has 0 aromatic rings. The van der Waals surface area contributed by atoms with Crippen molar-refractivity contribution in [2.75, 3.05) is 39.6 Å². The van der Waals surface area contributed by atoms with Crippen molar-refractivity contribution in [3.63, 3.8) is 0 Å². The molecule has 0 heterocycles. The minimum Gasteiger partial charge on any atom is -0.462 e. The zero-order valence-corrected chi connectivity index (χ0v) is 67.6. The Labute approximate surface area is 642 Å². The van der Waals surface area contributed by atoms with E-state index in [0.717, 1.165) is 141 Å². The predicted molar refractivity (Wildman–Crippen MR) is 436 cm³/mol. The third kappa shape index (κ3) is 76.6. The third-order valence-corrected chi connectivity index (χ3v) is 18.1. The molecule has 19 heteroatoms. The lowest BCUT2D eigenvalue weighted by Crippen LogP contribution is -2.30. The number of carbonyl (C=O) groups is 4. The van der Waals surface area contributed by atoms with Gasteiger partial charge >= 0.3 is 39.5 Å². The molecule has 106 heavy (non-hydrogen) atoms. The van der Waals surface area contributed by atoms with Gasteiger partial charge in [-0.1, -0.05) is 313 Å². The Balaban J connectivity index is 5.49. The number of phosphoric acid groups is 2. The average molecular weight is 1520 g/mol. The lowest BCUT2D eigenvalue weighted by molar-refractivity contribution is -0.161. The summed E-state index contributed by atoms with van der Waals surface area (Å²) in [6, 6.07) is 0. The number of phosphoric ester groups is 2. The van der Waals surface area contributed by atoms with E-state index >= 15 is 0 Å². The molecular weight excluding hydrogens is 1380 g/mol. The SMILES string of the molecule is CC/C=C\C/C=C\C/C=C\C/C=C\C/C=C\C/C=C\CCC(=O)OCC(COP(=O)(O)OCC(O)COP(=O)(O)OCC(COC(=O)CC/C=C\C/C=C\C/C=C\C/C=C\C/C=C\C/C=C\CC)OC(=O)CCCCCCCCCCCCCCCCC)OC(=O)CCCCCCC/C=C\C/C=C\CCC. The third-order valence-electron chi connectivity index (χ3n) is 16.2. The van der Waals surface area contributed by atoms with Crippen molar-refractivity contribution in [3.8, 4) is 0 Å². The zero-order valence-electron chi connectivity index (χ0n) is 65.8. The summed E-state index contributed by atoms with van der Waals surface area (Å²) < 4.78 is 68.5. The van der Waals surface area contributed by atoms with Gasteiger partial charge in [-0.05, 0) is 128 Å². The molecule has 0 aliphatic heterocycles. The molecule has 0 radical (unpaired) electrons. The number of rotatable bonds is 74. The highest BCUT2D eigenvalue weighted by atomic mass is 31.2. The van der Waals surface area contributed by atoms with Crippen LogP contribution in [0.25, 0.3) is 0 Å². The summed E-state index contributed by atoms with van der Waals surface area (Å²) in [5.41, 5.74) is 0. The van der Waals surface area contributed by atoms with Crippen molar-refractivity contribution in [3.05, 3.63) is 170 Å². The van der Waals surface area contributed by atoms with E-state index in [2.05, 4.69) is 161 Å². The van der Waals surface area contributed by atoms with Crippen LogP contribution in [-0.4, -0.2) is 96.7 Å². The van der Waals surface area contributed by atoms with E-state index in [-0.39, 0.29) is 25.7 Å². The molecule has 0 aromatic heterocycles. The fraction of sp³-hybridized carbons (Fsp3) is 0.632. The monoisotopic (exact) mass is 1520 g/mol. The number of allylic oxidation sites excluding steroid dienone is 28. The van der Waals surface area contributed by atoms with Crippen LogP contribution in [0.4, 0.5) is 0 Å². The summed E-state index contributed by atoms with van der Waals surface area (Å²) in [4.78, 5) is 73.0. The second-order valence-electron chi connectivity index (χ2n) is 26.2. The lowest BCUT2D eigenvalue weighted by Gasteiger charge is -2.21. The number of esters is 4. The van der Waals surface area contributed by atoms with Crippen LogP contribution in [0.1, 0.15) is 297 Å². The first-order valence-corrected chi connectivity index (χ1v) is 43.4. The summed E-state index contributed by atoms with van der Waals surface area (Å²) in [5, 5.41) is 10.6. The van der Waals surface area contributed by atoms with E-state index < -0.39 is 97.5 Å². The molecule has 602 valence electrons. The molecule has 5 unspecified atom stereocenters. The van der Waals surface area contributed by atoms with E-state index in [0.29, 0.717) is 38.5 Å². The normalized spacial score (nSPS) is 14.7. The van der Waals surface area contributed by atoms with Crippen LogP contribution in [0.5, 0.6) is 0 Å². The second-order valence-corrected chi connectivity index (χ2v) is 29.2. The van der Waals surface area contributed by atoms with Gasteiger partial charge in [-0.2, -0.15) is 0 Å². The quantitative estimate of drug-likeness (QED) is 0.0169. The van der Waals surface area contributed by atoms with Crippen LogP contribution < -0.4 is 0 Å². The van der Waals surface area contributed by atoms with E-state index in [4.69, 9.17) is 37.0 Å². The molecule has 0 rings (SSSR count). The van der Waals surface area contributed by atoms with Gasteiger partial charge in [-0.3, -0.25) is 37.3 Å². The molecule has 3 N–H and O–H groups in total. The maximum Gasteiger partial charge on any atom is 0.472 e. The Morgan fingerprint density at radius 2 is 0.528 bits per heavy atom. The molecule has 0 aliphatic rings. The lowest BCUT2D eigenvalue weighted by atomic mass is 10.0. The van der Waals surface area contributed by atoms with Crippen molar-refractivity contribution < 1.29 is 80.2 Å². The first kappa shape index (κ1) is 100. The number of hydrogen-bond donors (Lipinski definition) is 3. The molecule has 0 fully saturated rings. The molecule has 0 aliphatic carbocycles. The summed E-state index contributed by atoms with van der Waals surface area (Å²) in [6.45, 7) is 4.39. The maximum absolute atomic E-state index is 13.1. The standard InChI is InChI=1S/C87H142O17P2/c1-5-9-13-17-21-25-29-33-36-38-40-42-45-48-51-55-59-63-67-71-84(89)97-77-82(103-86(91)73-69-65-61-57-53-47-32-28-24-20-16-12-8-4)79-101-105(93,94)99-75-81(88)76-100-106(95,96)102-80-83(104-87(92)74-70-66-62-58-54-50-44-35-31-27-23-19-15-11-7-3)78-98-85(90)72-68-64-60-56-52-49-46-43-41-39-37-34-30-26-22-18-14-10-6-2/h9-10,13-14,16,20-22,25-26,28,32-34,36-37,40-43,48-49,51-52,59-60,63-64,81-83,88H,5-8,11-12,15,17-19,23-24,27,29-31,35,38-39,44-47,50,53-58,61-62,65-80H2,1-4H3,(H,93,94)(H,95,96)/b13-9-,14-10-,20-16-,25-21-,26-22-,32-28-,36-33-,37-34-,42-40-,43-41-,51-48-,52-49-,63-59-,64-60-. The van der Waals surface area contributed by atoms with Crippen LogP contribution in [0, 0.1) is 0 Å². The Morgan fingerprint density at radius 1 is 0.274 bits per heavy atom. The van der Waals surface area contributed by atoms with Crippen molar-refractivity contribution in [2.24, 2.45) is 0 Å². The molecule has 0 amide bonds. The fourth-order valence-corrected chi connectivity index (χ4v) is 11.7. The van der Waals surface area contributed by atoms with Crippen LogP contribution in [0.2, 0.25) is 0 Å². The van der Waals surface area contributed by atoms with Crippen LogP contribution in [0.3, 0.4) is 0 Å². The van der Waals surface area contributed by atoms with Gasteiger partial charge in [0.2, 0.25) is 0 Å². The molecular formula is C87H142O17P2. The van der Waals surface area contributed by atoms with Gasteiger partial charge in [0.1, 0.15) is 19.3 Å². The van der Waals surface area contributed by atoms with Gasteiger partial charge in [0.25, 0.3) is 0 Å². The Hall–Kier alpha value is -5.58. The van der Waals surface area contributed by atoms with Gasteiger partial charge in [-0.15, -0.1) is 0 Å². The minimum atomic E-state index is -5.01. The Bertz CT molecular complexity index is 2680. The van der Waals surface area contributed by atoms with E-state index in [1.165, 1.54) is 64.2 Å². The van der Waals surface area contributed by atoms with Crippen LogP contribution >= 0.6 is 15.6 Å². The summed E-state index contributed by atoms with van der Waals surface area (Å²) in [5.74, 6) is -2.39. The maximum atomic E-state index is 13.1. The fourth-order valence-electron chi connectivity index (χ4n) is 10.1. The molecule has 0 spiro atoms. The number of aliphatic hydroxyl groups excluding tert-OH is 1. The first-order valence-electron chi connectivity index (χ1n) is 40.4. The van der Waals surface area contributed by atoms with Crippen molar-refractivity contribution >= 4 is 39.5 Å². The molecule has 0 saturated carbocycles. The van der Waals surface area contributed by atoms with Crippen LogP contribution in [0.15, 0.2) is 170 Å². The Kier molecular flexibility index (Phi) is 73.5. The molecule has 0 saturated heterocycles. The smallest absolute Gasteiger partial charge is 0.462 e. The van der Waals surface area contributed by atoms with Gasteiger partial charge in [-0.25, -0.2) is 9.13 Å². The molecule has 0 bridgehead atoms. The second kappa shape index (κ2) is 77.6. The highest BCUT2D eigenvalue weighted by Gasteiger charge is 2.30. The van der Waals surface area contributed by atoms with Crippen LogP contribution in [-0.2, 0) is 65.4 Å². The number of ether oxygens (including phenoxy) is 4. The highest BCUT2D eigenvalue weighted by molar-refractivity contribution is 7.47. The van der Waals surface area contributed by atoms with Gasteiger partial charge in [0, 0.05) is 25.7 Å². The summed E-state index contributed by atoms with van der Waals surface area (Å²) in [6.07, 6.45) is 92.2. The van der Waals surface area contributed by atoms with Crippen molar-refractivity contribution in [2.45, 2.75) is 316 Å². The number of hydrogen-bond acceptors (Lipinski definition) is 15. The van der Waals surface area contributed by atoms with Gasteiger partial charge < -0.3 is 33.8 Å². The number of unbranched alkanes of at least 4 members (excludes halogenated alkanes) is 20. The highest BCUT2D eigenvalue weighted by Crippen LogP contribution is 2.45. The van der Waals surface area contributed by atoms with Crippen molar-refractivity contribution in [1.29, 1.82) is 0 Å². The van der Waals surface area contributed by atoms with E-state index in [9.17, 15) is 43.2 Å². The van der Waals surface area contributed by atoms with Crippen molar-refractivity contribution in [1.82, 2.24) is 0 Å². The van der Waals surface area contributed by atoms with E-state index in [1.54, 1.807) is 0 Å². The molecule has 17 nitrogen and oxygen atoms in total. The average Bonchev–Trinajstić information content (AvgIpc) is 0.901. The van der Waals surface area contributed by atoms with E-state index in [1.807, 2.05) is 36.5 Å². The molecule has 0 aromatic carbocycles. The zero-order chi connectivity index (χ0) is 77.4. The topological polar surface area (TPSA) is 237 Å². The largest absolute Gasteiger partial charge is 0.472 e. The Morgan fingerprint density at radius 3 is 0.830 bits per heavy atom. The summed E-state index contributed by atoms with van der Waals surface area (Å²) in [7, 11) is -10.0. The molecule has 5 atom stereocenters. The van der Waals surface area contributed by atoms with Gasteiger partial charge in [0.15, 0.2) is 12.2 Å².